The minimum Gasteiger partial charge on any atom is -0.482 e. The number of aromatic nitrogens is 1. The summed E-state index contributed by atoms with van der Waals surface area (Å²) >= 11 is 1.37. The van der Waals surface area contributed by atoms with Crippen LogP contribution < -0.4 is 20.7 Å². The molecule has 2 aromatic rings. The van der Waals surface area contributed by atoms with Gasteiger partial charge in [0.25, 0.3) is 5.91 Å². The molecule has 3 amide bonds. The second-order valence-electron chi connectivity index (χ2n) is 6.52. The van der Waals surface area contributed by atoms with Crippen molar-refractivity contribution in [3.63, 3.8) is 0 Å². The molecular formula is C18H20N4O3S. The van der Waals surface area contributed by atoms with E-state index in [1.807, 2.05) is 23.6 Å². The van der Waals surface area contributed by atoms with Crippen LogP contribution in [0.4, 0.5) is 15.6 Å². The Morgan fingerprint density at radius 3 is 2.96 bits per heavy atom. The average Bonchev–Trinajstić information content (AvgIpc) is 3.10. The lowest BCUT2D eigenvalue weighted by Crippen LogP contribution is -2.38. The van der Waals surface area contributed by atoms with Crippen molar-refractivity contribution in [1.29, 1.82) is 0 Å². The molecule has 0 atom stereocenters. The summed E-state index contributed by atoms with van der Waals surface area (Å²) in [6, 6.07) is 5.58. The molecule has 1 saturated carbocycles. The molecule has 0 radical (unpaired) electrons. The van der Waals surface area contributed by atoms with Crippen molar-refractivity contribution in [1.82, 2.24) is 10.3 Å². The van der Waals surface area contributed by atoms with Gasteiger partial charge in [-0.3, -0.25) is 10.1 Å². The highest BCUT2D eigenvalue weighted by Crippen LogP contribution is 2.33. The highest BCUT2D eigenvalue weighted by Gasteiger charge is 2.18. The molecule has 2 aliphatic rings. The van der Waals surface area contributed by atoms with E-state index in [0.29, 0.717) is 16.6 Å². The van der Waals surface area contributed by atoms with Gasteiger partial charge in [-0.15, -0.1) is 11.3 Å². The number of ether oxygens (including phenoxy) is 1. The predicted molar refractivity (Wildman–Crippen MR) is 101 cm³/mol. The number of anilines is 2. The van der Waals surface area contributed by atoms with Crippen molar-refractivity contribution in [2.24, 2.45) is 0 Å². The van der Waals surface area contributed by atoms with Gasteiger partial charge in [0.1, 0.15) is 5.75 Å². The molecule has 2 heterocycles. The summed E-state index contributed by atoms with van der Waals surface area (Å²) in [6.07, 6.45) is 5.68. The molecule has 1 aliphatic carbocycles. The fourth-order valence-corrected chi connectivity index (χ4v) is 3.99. The summed E-state index contributed by atoms with van der Waals surface area (Å²) in [4.78, 5) is 28.1. The maximum atomic E-state index is 12.1. The van der Waals surface area contributed by atoms with Gasteiger partial charge in [-0.25, -0.2) is 9.78 Å². The molecule has 0 spiro atoms. The molecule has 7 nitrogen and oxygen atoms in total. The van der Waals surface area contributed by atoms with Gasteiger partial charge in [-0.2, -0.15) is 0 Å². The number of thiazole rings is 1. The van der Waals surface area contributed by atoms with Crippen LogP contribution in [-0.2, 0) is 4.79 Å². The summed E-state index contributed by atoms with van der Waals surface area (Å²) in [5.74, 6) is 0.475. The van der Waals surface area contributed by atoms with Crippen LogP contribution in [0.25, 0.3) is 11.3 Å². The topological polar surface area (TPSA) is 92.3 Å². The van der Waals surface area contributed by atoms with Gasteiger partial charge < -0.3 is 15.4 Å². The number of benzene rings is 1. The van der Waals surface area contributed by atoms with Crippen LogP contribution in [0.2, 0.25) is 0 Å². The quantitative estimate of drug-likeness (QED) is 0.768. The molecule has 1 aliphatic heterocycles. The monoisotopic (exact) mass is 372 g/mol. The van der Waals surface area contributed by atoms with Crippen LogP contribution in [0.3, 0.4) is 0 Å². The zero-order valence-corrected chi connectivity index (χ0v) is 15.0. The van der Waals surface area contributed by atoms with E-state index in [0.717, 1.165) is 24.1 Å². The Hall–Kier alpha value is -2.61. The second-order valence-corrected chi connectivity index (χ2v) is 7.38. The molecule has 3 N–H and O–H groups in total. The maximum absolute atomic E-state index is 12.1. The largest absolute Gasteiger partial charge is 0.482 e. The average molecular weight is 372 g/mol. The number of hydrogen-bond donors (Lipinski definition) is 3. The van der Waals surface area contributed by atoms with Crippen LogP contribution in [0.15, 0.2) is 23.6 Å². The van der Waals surface area contributed by atoms with E-state index < -0.39 is 0 Å². The lowest BCUT2D eigenvalue weighted by Gasteiger charge is -2.22. The first kappa shape index (κ1) is 16.8. The lowest BCUT2D eigenvalue weighted by atomic mass is 9.96. The van der Waals surface area contributed by atoms with E-state index in [-0.39, 0.29) is 24.6 Å². The molecule has 4 rings (SSSR count). The number of carbonyl (C=O) groups excluding carboxylic acids is 2. The molecule has 8 heteroatoms. The molecular weight excluding hydrogens is 352 g/mol. The van der Waals surface area contributed by atoms with Gasteiger partial charge in [0.05, 0.1) is 11.4 Å². The van der Waals surface area contributed by atoms with Crippen molar-refractivity contribution in [2.45, 2.75) is 38.1 Å². The van der Waals surface area contributed by atoms with Crippen LogP contribution in [-0.4, -0.2) is 29.6 Å². The SMILES string of the molecule is O=C1COc2ccc(-c3csc(NC(=O)NC4CCCCC4)n3)cc2N1. The third-order valence-corrected chi connectivity index (χ3v) is 5.33. The van der Waals surface area contributed by atoms with Crippen LogP contribution in [0.1, 0.15) is 32.1 Å². The van der Waals surface area contributed by atoms with Crippen molar-refractivity contribution in [3.8, 4) is 17.0 Å². The Kier molecular flexibility index (Phi) is 4.75. The Morgan fingerprint density at radius 1 is 1.27 bits per heavy atom. The maximum Gasteiger partial charge on any atom is 0.321 e. The number of amides is 3. The number of nitrogens with one attached hydrogen (secondary N) is 3. The first-order valence-electron chi connectivity index (χ1n) is 8.77. The van der Waals surface area contributed by atoms with Gasteiger partial charge in [0.15, 0.2) is 11.7 Å². The fraction of sp³-hybridized carbons (Fsp3) is 0.389. The molecule has 1 aromatic carbocycles. The first-order valence-corrected chi connectivity index (χ1v) is 9.65. The van der Waals surface area contributed by atoms with Gasteiger partial charge in [-0.1, -0.05) is 19.3 Å². The van der Waals surface area contributed by atoms with E-state index in [9.17, 15) is 9.59 Å². The standard InChI is InChI=1S/C18H20N4O3S/c23-16-9-25-15-7-6-11(8-13(15)20-16)14-10-26-18(21-14)22-17(24)19-12-4-2-1-3-5-12/h6-8,10,12H,1-5,9H2,(H,20,23)(H2,19,21,22,24). The molecule has 136 valence electrons. The second kappa shape index (κ2) is 7.33. The number of carbonyl (C=O) groups is 2. The summed E-state index contributed by atoms with van der Waals surface area (Å²) in [6.45, 7) is 0.0349. The van der Waals surface area contributed by atoms with Gasteiger partial charge >= 0.3 is 6.03 Å². The number of fused-ring (bicyclic) bond motifs is 1. The third-order valence-electron chi connectivity index (χ3n) is 4.57. The Labute approximate surface area is 155 Å². The highest BCUT2D eigenvalue weighted by atomic mass is 32.1. The van der Waals surface area contributed by atoms with Crippen LogP contribution in [0.5, 0.6) is 5.75 Å². The zero-order chi connectivity index (χ0) is 17.9. The molecule has 0 saturated heterocycles. The minimum atomic E-state index is -0.205. The molecule has 26 heavy (non-hydrogen) atoms. The fourth-order valence-electron chi connectivity index (χ4n) is 3.27. The van der Waals surface area contributed by atoms with E-state index in [2.05, 4.69) is 20.9 Å². The van der Waals surface area contributed by atoms with E-state index in [1.165, 1.54) is 30.6 Å². The van der Waals surface area contributed by atoms with Crippen molar-refractivity contribution in [3.05, 3.63) is 23.6 Å². The Bertz CT molecular complexity index is 830. The van der Waals surface area contributed by atoms with Crippen molar-refractivity contribution < 1.29 is 14.3 Å². The summed E-state index contributed by atoms with van der Waals surface area (Å²) in [7, 11) is 0. The zero-order valence-electron chi connectivity index (χ0n) is 14.2. The van der Waals surface area contributed by atoms with Gasteiger partial charge in [-0.05, 0) is 31.0 Å². The molecule has 0 unspecified atom stereocenters. The van der Waals surface area contributed by atoms with Gasteiger partial charge in [0, 0.05) is 17.0 Å². The first-order chi connectivity index (χ1) is 12.7. The molecule has 0 bridgehead atoms. The van der Waals surface area contributed by atoms with Crippen LogP contribution >= 0.6 is 11.3 Å². The number of nitrogens with zero attached hydrogens (tertiary/aromatic N) is 1. The minimum absolute atomic E-state index is 0.0349. The third kappa shape index (κ3) is 3.80. The van der Waals surface area contributed by atoms with Gasteiger partial charge in [0.2, 0.25) is 0 Å². The van der Waals surface area contributed by atoms with E-state index in [1.54, 1.807) is 0 Å². The number of hydrogen-bond acceptors (Lipinski definition) is 5. The number of rotatable bonds is 3. The molecule has 1 aromatic heterocycles. The van der Waals surface area contributed by atoms with Crippen LogP contribution in [0, 0.1) is 0 Å². The smallest absolute Gasteiger partial charge is 0.321 e. The van der Waals surface area contributed by atoms with Crippen molar-refractivity contribution >= 4 is 34.1 Å². The summed E-state index contributed by atoms with van der Waals surface area (Å²) in [5, 5.41) is 11.0. The summed E-state index contributed by atoms with van der Waals surface area (Å²) in [5.41, 5.74) is 2.23. The van der Waals surface area contributed by atoms with E-state index >= 15 is 0 Å². The van der Waals surface area contributed by atoms with E-state index in [4.69, 9.17) is 4.74 Å². The Balaban J connectivity index is 1.42. The summed E-state index contributed by atoms with van der Waals surface area (Å²) < 4.78 is 5.36. The molecule has 1 fully saturated rings. The Morgan fingerprint density at radius 2 is 2.12 bits per heavy atom. The highest BCUT2D eigenvalue weighted by molar-refractivity contribution is 7.14. The number of urea groups is 1. The predicted octanol–water partition coefficient (Wildman–Crippen LogP) is 3.60. The normalized spacial score (nSPS) is 17.0. The van der Waals surface area contributed by atoms with Crippen molar-refractivity contribution in [2.75, 3.05) is 17.2 Å². The lowest BCUT2D eigenvalue weighted by molar-refractivity contribution is -0.118.